The van der Waals surface area contributed by atoms with Crippen molar-refractivity contribution < 1.29 is 4.42 Å². The number of hydrogen-bond donors (Lipinski definition) is 1. The van der Waals surface area contributed by atoms with Crippen molar-refractivity contribution in [2.24, 2.45) is 0 Å². The lowest BCUT2D eigenvalue weighted by atomic mass is 10.3. The number of nitriles is 1. The second-order valence-electron chi connectivity index (χ2n) is 3.13. The Morgan fingerprint density at radius 3 is 3.06 bits per heavy atom. The summed E-state index contributed by atoms with van der Waals surface area (Å²) in [4.78, 5) is 4.45. The Balaban J connectivity index is 2.13. The quantitative estimate of drug-likeness (QED) is 0.910. The van der Waals surface area contributed by atoms with E-state index in [-0.39, 0.29) is 11.2 Å². The molecule has 4 nitrogen and oxygen atoms in total. The normalized spacial score (nSPS) is 12.1. The van der Waals surface area contributed by atoms with Gasteiger partial charge in [-0.15, -0.1) is 0 Å². The van der Waals surface area contributed by atoms with Crippen LogP contribution in [0.15, 0.2) is 22.8 Å². The van der Waals surface area contributed by atoms with Crippen molar-refractivity contribution >= 4 is 28.1 Å². The Hall–Kier alpha value is -1.51. The van der Waals surface area contributed by atoms with Crippen molar-refractivity contribution in [1.82, 2.24) is 4.98 Å². The predicted octanol–water partition coefficient (Wildman–Crippen LogP) is 3.43. The molecule has 0 radical (unpaired) electrons. The largest absolute Gasteiger partial charge is 0.467 e. The first-order valence-corrected chi connectivity index (χ1v) is 5.76. The molecule has 0 aliphatic heterocycles. The summed E-state index contributed by atoms with van der Waals surface area (Å²) < 4.78 is 5.25. The lowest BCUT2D eigenvalue weighted by Crippen LogP contribution is -2.04. The monoisotopic (exact) mass is 253 g/mol. The van der Waals surface area contributed by atoms with Crippen molar-refractivity contribution in [3.05, 3.63) is 34.2 Å². The molecule has 1 atom stereocenters. The molecule has 2 aromatic rings. The van der Waals surface area contributed by atoms with Gasteiger partial charge in [-0.25, -0.2) is 4.98 Å². The summed E-state index contributed by atoms with van der Waals surface area (Å²) in [5.74, 6) is 0.810. The van der Waals surface area contributed by atoms with E-state index in [1.807, 2.05) is 25.1 Å². The van der Waals surface area contributed by atoms with Crippen molar-refractivity contribution in [3.8, 4) is 6.07 Å². The molecular formula is C10H8ClN3OS. The van der Waals surface area contributed by atoms with Crippen LogP contribution in [0.25, 0.3) is 0 Å². The lowest BCUT2D eigenvalue weighted by molar-refractivity contribution is 0.490. The van der Waals surface area contributed by atoms with Crippen LogP contribution in [0.5, 0.6) is 0 Å². The standard InChI is InChI=1S/C10H8ClN3OS/c1-6(7-3-2-4-15-7)13-10-14-9(11)8(5-12)16-10/h2-4,6H,1H3,(H,13,14). The molecule has 0 bridgehead atoms. The third kappa shape index (κ3) is 2.18. The van der Waals surface area contributed by atoms with Crippen molar-refractivity contribution in [2.75, 3.05) is 5.32 Å². The highest BCUT2D eigenvalue weighted by molar-refractivity contribution is 7.16. The van der Waals surface area contributed by atoms with Gasteiger partial charge in [0.25, 0.3) is 0 Å². The van der Waals surface area contributed by atoms with Gasteiger partial charge >= 0.3 is 0 Å². The fourth-order valence-corrected chi connectivity index (χ4v) is 2.26. The number of halogens is 1. The van der Waals surface area contributed by atoms with E-state index in [2.05, 4.69) is 10.3 Å². The molecule has 2 heterocycles. The van der Waals surface area contributed by atoms with Crippen LogP contribution in [0.3, 0.4) is 0 Å². The van der Waals surface area contributed by atoms with Crippen molar-refractivity contribution in [1.29, 1.82) is 5.26 Å². The molecule has 16 heavy (non-hydrogen) atoms. The minimum atomic E-state index is -0.0104. The van der Waals surface area contributed by atoms with Gasteiger partial charge in [0.1, 0.15) is 16.7 Å². The maximum Gasteiger partial charge on any atom is 0.186 e. The molecule has 6 heteroatoms. The highest BCUT2D eigenvalue weighted by atomic mass is 35.5. The first-order chi connectivity index (χ1) is 7.70. The average Bonchev–Trinajstić information content (AvgIpc) is 2.87. The summed E-state index contributed by atoms with van der Waals surface area (Å²) in [6.45, 7) is 1.94. The molecule has 0 aromatic carbocycles. The number of rotatable bonds is 3. The van der Waals surface area contributed by atoms with Gasteiger partial charge in [0.15, 0.2) is 10.3 Å². The number of furan rings is 1. The van der Waals surface area contributed by atoms with Crippen LogP contribution in [0.4, 0.5) is 5.13 Å². The zero-order valence-corrected chi connectivity index (χ0v) is 9.97. The van der Waals surface area contributed by atoms with E-state index in [1.54, 1.807) is 6.26 Å². The van der Waals surface area contributed by atoms with E-state index < -0.39 is 0 Å². The highest BCUT2D eigenvalue weighted by Crippen LogP contribution is 2.28. The number of thiazole rings is 1. The van der Waals surface area contributed by atoms with Crippen LogP contribution in [0.1, 0.15) is 23.6 Å². The molecule has 0 amide bonds. The summed E-state index contributed by atoms with van der Waals surface area (Å²) >= 11 is 6.99. The highest BCUT2D eigenvalue weighted by Gasteiger charge is 2.13. The number of anilines is 1. The number of hydrogen-bond acceptors (Lipinski definition) is 5. The minimum absolute atomic E-state index is 0.0104. The molecule has 0 aliphatic rings. The van der Waals surface area contributed by atoms with Gasteiger partial charge in [0.05, 0.1) is 12.3 Å². The lowest BCUT2D eigenvalue weighted by Gasteiger charge is -2.08. The topological polar surface area (TPSA) is 61.9 Å². The molecule has 0 saturated carbocycles. The second kappa shape index (κ2) is 4.56. The smallest absolute Gasteiger partial charge is 0.186 e. The summed E-state index contributed by atoms with van der Waals surface area (Å²) in [7, 11) is 0. The fourth-order valence-electron chi connectivity index (χ4n) is 1.23. The van der Waals surface area contributed by atoms with Crippen molar-refractivity contribution in [3.63, 3.8) is 0 Å². The Labute approximate surface area is 101 Å². The maximum atomic E-state index is 8.74. The van der Waals surface area contributed by atoms with Crippen LogP contribution >= 0.6 is 22.9 Å². The molecule has 0 fully saturated rings. The molecule has 0 saturated heterocycles. The Kier molecular flexibility index (Phi) is 3.13. The second-order valence-corrected chi connectivity index (χ2v) is 4.49. The Morgan fingerprint density at radius 1 is 1.69 bits per heavy atom. The minimum Gasteiger partial charge on any atom is -0.467 e. The van der Waals surface area contributed by atoms with Gasteiger partial charge in [-0.05, 0) is 19.1 Å². The fraction of sp³-hybridized carbons (Fsp3) is 0.200. The van der Waals surface area contributed by atoms with Crippen LogP contribution in [0, 0.1) is 11.3 Å². The van der Waals surface area contributed by atoms with E-state index in [9.17, 15) is 0 Å². The SMILES string of the molecule is CC(Nc1nc(Cl)c(C#N)s1)c1ccco1. The first kappa shape index (κ1) is 11.0. The average molecular weight is 254 g/mol. The number of nitrogens with zero attached hydrogens (tertiary/aromatic N) is 2. The molecule has 2 rings (SSSR count). The van der Waals surface area contributed by atoms with Crippen LogP contribution in [0.2, 0.25) is 5.15 Å². The van der Waals surface area contributed by atoms with E-state index in [1.165, 1.54) is 11.3 Å². The summed E-state index contributed by atoms with van der Waals surface area (Å²) in [6.07, 6.45) is 1.61. The third-order valence-corrected chi connectivity index (χ3v) is 3.27. The zero-order valence-electron chi connectivity index (χ0n) is 8.40. The molecule has 1 unspecified atom stereocenters. The zero-order chi connectivity index (χ0) is 11.5. The molecule has 0 aliphatic carbocycles. The van der Waals surface area contributed by atoms with E-state index in [4.69, 9.17) is 21.3 Å². The Bertz CT molecular complexity index is 515. The van der Waals surface area contributed by atoms with Gasteiger partial charge in [-0.2, -0.15) is 5.26 Å². The molecule has 0 spiro atoms. The third-order valence-electron chi connectivity index (χ3n) is 2.00. The Morgan fingerprint density at radius 2 is 2.50 bits per heavy atom. The summed E-state index contributed by atoms with van der Waals surface area (Å²) in [6, 6.07) is 5.67. The van der Waals surface area contributed by atoms with E-state index in [0.29, 0.717) is 10.0 Å². The number of aromatic nitrogens is 1. The van der Waals surface area contributed by atoms with Gasteiger partial charge in [-0.3, -0.25) is 0 Å². The van der Waals surface area contributed by atoms with Crippen LogP contribution < -0.4 is 5.32 Å². The molecule has 1 N–H and O–H groups in total. The number of nitrogens with one attached hydrogen (secondary N) is 1. The van der Waals surface area contributed by atoms with E-state index in [0.717, 1.165) is 5.76 Å². The summed E-state index contributed by atoms with van der Waals surface area (Å²) in [5.41, 5.74) is 0. The van der Waals surface area contributed by atoms with Gasteiger partial charge in [-0.1, -0.05) is 22.9 Å². The van der Waals surface area contributed by atoms with Crippen LogP contribution in [-0.2, 0) is 0 Å². The summed E-state index contributed by atoms with van der Waals surface area (Å²) in [5, 5.41) is 12.7. The predicted molar refractivity (Wildman–Crippen MR) is 62.6 cm³/mol. The van der Waals surface area contributed by atoms with Gasteiger partial charge in [0, 0.05) is 0 Å². The van der Waals surface area contributed by atoms with Gasteiger partial charge < -0.3 is 9.73 Å². The molecule has 82 valence electrons. The van der Waals surface area contributed by atoms with E-state index >= 15 is 0 Å². The maximum absolute atomic E-state index is 8.74. The first-order valence-electron chi connectivity index (χ1n) is 4.57. The molecule has 2 aromatic heterocycles. The van der Waals surface area contributed by atoms with Crippen LogP contribution in [-0.4, -0.2) is 4.98 Å². The van der Waals surface area contributed by atoms with Crippen molar-refractivity contribution in [2.45, 2.75) is 13.0 Å². The molecular weight excluding hydrogens is 246 g/mol. The van der Waals surface area contributed by atoms with Gasteiger partial charge in [0.2, 0.25) is 0 Å².